The Bertz CT molecular complexity index is 500. The number of ether oxygens (including phenoxy) is 1. The molecule has 0 amide bonds. The van der Waals surface area contributed by atoms with E-state index in [2.05, 4.69) is 15.1 Å². The lowest BCUT2D eigenvalue weighted by Gasteiger charge is -2.03. The van der Waals surface area contributed by atoms with Crippen LogP contribution in [-0.2, 0) is 13.7 Å². The molecule has 2 heterocycles. The van der Waals surface area contributed by atoms with Crippen molar-refractivity contribution in [1.82, 2.24) is 19.7 Å². The van der Waals surface area contributed by atoms with Gasteiger partial charge in [0.15, 0.2) is 5.82 Å². The van der Waals surface area contributed by atoms with Crippen LogP contribution in [0.1, 0.15) is 5.56 Å². The molecule has 0 bridgehead atoms. The Morgan fingerprint density at radius 3 is 2.94 bits per heavy atom. The highest BCUT2D eigenvalue weighted by Gasteiger charge is 2.12. The van der Waals surface area contributed by atoms with Crippen LogP contribution in [0.5, 0.6) is 11.9 Å². The molecule has 0 atom stereocenters. The van der Waals surface area contributed by atoms with Gasteiger partial charge in [0.1, 0.15) is 6.33 Å². The van der Waals surface area contributed by atoms with Gasteiger partial charge in [-0.2, -0.15) is 4.98 Å². The lowest BCUT2D eigenvalue weighted by atomic mass is 10.3. The summed E-state index contributed by atoms with van der Waals surface area (Å²) in [7, 11) is 1.66. The molecule has 0 aromatic carbocycles. The third-order valence-electron chi connectivity index (χ3n) is 1.87. The fourth-order valence-electron chi connectivity index (χ4n) is 1.11. The third kappa shape index (κ3) is 1.98. The predicted molar refractivity (Wildman–Crippen MR) is 51.2 cm³/mol. The van der Waals surface area contributed by atoms with Gasteiger partial charge in [-0.05, 0) is 6.07 Å². The molecule has 0 unspecified atom stereocenters. The van der Waals surface area contributed by atoms with Gasteiger partial charge in [-0.1, -0.05) is 0 Å². The largest absolute Gasteiger partial charge is 0.401 e. The van der Waals surface area contributed by atoms with E-state index >= 15 is 0 Å². The lowest BCUT2D eigenvalue weighted by molar-refractivity contribution is 0.272. The average Bonchev–Trinajstić information content (AvgIpc) is 2.67. The molecule has 0 spiro atoms. The van der Waals surface area contributed by atoms with E-state index < -0.39 is 12.4 Å². The maximum absolute atomic E-state index is 13.6. The Balaban J connectivity index is 2.28. The highest BCUT2D eigenvalue weighted by Crippen LogP contribution is 2.21. The van der Waals surface area contributed by atoms with Crippen LogP contribution in [0.4, 0.5) is 4.39 Å². The summed E-state index contributed by atoms with van der Waals surface area (Å²) in [5.41, 5.74) is 0.112. The molecule has 0 radical (unpaired) electrons. The molecular formula is C9H9FN4O2. The van der Waals surface area contributed by atoms with Gasteiger partial charge in [-0.15, -0.1) is 5.10 Å². The fourth-order valence-corrected chi connectivity index (χ4v) is 1.11. The molecular weight excluding hydrogens is 215 g/mol. The number of nitrogens with zero attached hydrogens (tertiary/aromatic N) is 4. The monoisotopic (exact) mass is 224 g/mol. The Hall–Kier alpha value is -2.02. The maximum Gasteiger partial charge on any atom is 0.342 e. The Labute approximate surface area is 90.3 Å². The van der Waals surface area contributed by atoms with Crippen molar-refractivity contribution in [1.29, 1.82) is 0 Å². The van der Waals surface area contributed by atoms with E-state index in [0.717, 1.165) is 0 Å². The Morgan fingerprint density at radius 1 is 1.50 bits per heavy atom. The van der Waals surface area contributed by atoms with Gasteiger partial charge in [0.25, 0.3) is 5.88 Å². The van der Waals surface area contributed by atoms with E-state index in [1.165, 1.54) is 23.3 Å². The van der Waals surface area contributed by atoms with E-state index in [1.54, 1.807) is 7.05 Å². The van der Waals surface area contributed by atoms with E-state index in [1.807, 2.05) is 0 Å². The van der Waals surface area contributed by atoms with E-state index in [-0.39, 0.29) is 17.5 Å². The van der Waals surface area contributed by atoms with Crippen molar-refractivity contribution in [2.45, 2.75) is 6.61 Å². The molecule has 6 nitrogen and oxygen atoms in total. The molecule has 7 heteroatoms. The summed E-state index contributed by atoms with van der Waals surface area (Å²) in [5.74, 6) is -0.963. The van der Waals surface area contributed by atoms with Crippen LogP contribution in [0.2, 0.25) is 0 Å². The first-order valence-corrected chi connectivity index (χ1v) is 4.48. The van der Waals surface area contributed by atoms with Gasteiger partial charge < -0.3 is 9.84 Å². The van der Waals surface area contributed by atoms with Gasteiger partial charge in [0.2, 0.25) is 0 Å². The molecule has 2 rings (SSSR count). The lowest BCUT2D eigenvalue weighted by Crippen LogP contribution is -1.98. The number of aliphatic hydroxyl groups excluding tert-OH is 1. The number of aromatic nitrogens is 4. The molecule has 16 heavy (non-hydrogen) atoms. The number of hydrogen-bond acceptors (Lipinski definition) is 5. The molecule has 0 aliphatic carbocycles. The zero-order valence-corrected chi connectivity index (χ0v) is 8.46. The fraction of sp³-hybridized carbons (Fsp3) is 0.222. The molecule has 0 fully saturated rings. The van der Waals surface area contributed by atoms with Crippen molar-refractivity contribution in [3.8, 4) is 11.9 Å². The quantitative estimate of drug-likeness (QED) is 0.827. The van der Waals surface area contributed by atoms with Crippen molar-refractivity contribution in [3.05, 3.63) is 30.0 Å². The minimum absolute atomic E-state index is 0.00369. The number of pyridine rings is 1. The molecule has 1 N–H and O–H groups in total. The number of rotatable bonds is 3. The predicted octanol–water partition coefficient (Wildman–Crippen LogP) is 0.634. The highest BCUT2D eigenvalue weighted by molar-refractivity contribution is 5.24. The second kappa shape index (κ2) is 4.23. The van der Waals surface area contributed by atoms with Crippen LogP contribution in [0.15, 0.2) is 18.6 Å². The zero-order chi connectivity index (χ0) is 11.5. The number of aryl methyl sites for hydroxylation is 1. The number of hydrogen-bond donors (Lipinski definition) is 1. The summed E-state index contributed by atoms with van der Waals surface area (Å²) in [6, 6.07) is 1.37. The molecule has 2 aromatic rings. The van der Waals surface area contributed by atoms with Gasteiger partial charge >= 0.3 is 6.01 Å². The maximum atomic E-state index is 13.6. The van der Waals surface area contributed by atoms with Crippen LogP contribution in [0, 0.1) is 5.82 Å². The summed E-state index contributed by atoms with van der Waals surface area (Å²) < 4.78 is 20.0. The standard InChI is InChI=1S/C9H9FN4O2/c1-14-5-12-9(13-14)16-8-7(10)6(4-15)2-3-11-8/h2-3,5,15H,4H2,1H3. The molecule has 0 aliphatic rings. The topological polar surface area (TPSA) is 73.1 Å². The second-order valence-electron chi connectivity index (χ2n) is 3.05. The van der Waals surface area contributed by atoms with Crippen LogP contribution in [0.3, 0.4) is 0 Å². The van der Waals surface area contributed by atoms with E-state index in [0.29, 0.717) is 0 Å². The van der Waals surface area contributed by atoms with Crippen LogP contribution >= 0.6 is 0 Å². The summed E-state index contributed by atoms with van der Waals surface area (Å²) >= 11 is 0. The summed E-state index contributed by atoms with van der Waals surface area (Å²) in [6.07, 6.45) is 2.76. The number of halogens is 1. The van der Waals surface area contributed by atoms with Crippen LogP contribution in [-0.4, -0.2) is 24.9 Å². The van der Waals surface area contributed by atoms with Gasteiger partial charge in [0, 0.05) is 18.8 Å². The molecule has 0 aliphatic heterocycles. The van der Waals surface area contributed by atoms with Gasteiger partial charge in [0.05, 0.1) is 6.61 Å². The molecule has 84 valence electrons. The second-order valence-corrected chi connectivity index (χ2v) is 3.05. The molecule has 0 saturated heterocycles. The first kappa shape index (κ1) is 10.5. The minimum atomic E-state index is -0.711. The molecule has 2 aromatic heterocycles. The van der Waals surface area contributed by atoms with Crippen LogP contribution in [0.25, 0.3) is 0 Å². The smallest absolute Gasteiger partial charge is 0.342 e. The van der Waals surface area contributed by atoms with Gasteiger partial charge in [-0.25, -0.2) is 9.37 Å². The van der Waals surface area contributed by atoms with Crippen molar-refractivity contribution in [2.75, 3.05) is 0 Å². The first-order valence-electron chi connectivity index (χ1n) is 4.48. The minimum Gasteiger partial charge on any atom is -0.401 e. The SMILES string of the molecule is Cn1cnc(Oc2nccc(CO)c2F)n1. The van der Waals surface area contributed by atoms with E-state index in [4.69, 9.17) is 9.84 Å². The summed E-state index contributed by atoms with van der Waals surface area (Å²) in [5, 5.41) is 12.7. The number of aliphatic hydroxyl groups is 1. The average molecular weight is 224 g/mol. The summed E-state index contributed by atoms with van der Waals surface area (Å²) in [6.45, 7) is -0.416. The van der Waals surface area contributed by atoms with Crippen molar-refractivity contribution >= 4 is 0 Å². The van der Waals surface area contributed by atoms with Gasteiger partial charge in [-0.3, -0.25) is 4.68 Å². The van der Waals surface area contributed by atoms with Crippen LogP contribution < -0.4 is 4.74 Å². The van der Waals surface area contributed by atoms with Crippen molar-refractivity contribution < 1.29 is 14.2 Å². The van der Waals surface area contributed by atoms with Crippen molar-refractivity contribution in [3.63, 3.8) is 0 Å². The summed E-state index contributed by atoms with van der Waals surface area (Å²) in [4.78, 5) is 7.46. The third-order valence-corrected chi connectivity index (χ3v) is 1.87. The zero-order valence-electron chi connectivity index (χ0n) is 8.46. The highest BCUT2D eigenvalue weighted by atomic mass is 19.1. The first-order chi connectivity index (χ1) is 7.70. The normalized spacial score (nSPS) is 10.4. The van der Waals surface area contributed by atoms with Crippen molar-refractivity contribution in [2.24, 2.45) is 7.05 Å². The van der Waals surface area contributed by atoms with E-state index in [9.17, 15) is 4.39 Å². The Morgan fingerprint density at radius 2 is 2.31 bits per heavy atom. The molecule has 0 saturated carbocycles. The Kier molecular flexibility index (Phi) is 2.78.